The molecule has 4 aromatic carbocycles. The number of benzene rings is 4. The lowest BCUT2D eigenvalue weighted by molar-refractivity contribution is 0.103. The average Bonchev–Trinajstić information content (AvgIpc) is 3.98. The van der Waals surface area contributed by atoms with Gasteiger partial charge < -0.3 is 0 Å². The summed E-state index contributed by atoms with van der Waals surface area (Å²) in [6.07, 6.45) is 9.50. The maximum atomic E-state index is 12.6. The molecule has 60 heavy (non-hydrogen) atoms. The van der Waals surface area contributed by atoms with Crippen molar-refractivity contribution in [2.75, 3.05) is 22.5 Å². The Hall–Kier alpha value is -4.00. The van der Waals surface area contributed by atoms with Crippen LogP contribution in [0.15, 0.2) is 120 Å². The van der Waals surface area contributed by atoms with E-state index in [1.54, 1.807) is 12.1 Å². The number of aromatic nitrogens is 4. The molecule has 0 spiro atoms. The van der Waals surface area contributed by atoms with E-state index in [-0.39, 0.29) is 32.1 Å². The van der Waals surface area contributed by atoms with E-state index < -0.39 is 20.0 Å². The van der Waals surface area contributed by atoms with Crippen molar-refractivity contribution in [3.05, 3.63) is 142 Å². The van der Waals surface area contributed by atoms with Crippen molar-refractivity contribution in [3.63, 3.8) is 0 Å². The number of nitrogens with zero attached hydrogens (tertiary/aromatic N) is 6. The number of hydrogen-bond donors (Lipinski definition) is 2. The fourth-order valence-corrected chi connectivity index (χ4v) is 12.3. The van der Waals surface area contributed by atoms with Gasteiger partial charge in [-0.25, -0.2) is 26.8 Å². The summed E-state index contributed by atoms with van der Waals surface area (Å²) >= 11 is 15.1. The molecule has 6 aromatic rings. The number of likely N-dealkylation sites (tertiary alicyclic amines) is 2. The third-order valence-corrected chi connectivity index (χ3v) is 15.8. The number of rotatable bonds is 12. The van der Waals surface area contributed by atoms with Crippen LogP contribution in [0, 0.1) is 0 Å². The van der Waals surface area contributed by atoms with Crippen LogP contribution in [0.25, 0.3) is 0 Å². The summed E-state index contributed by atoms with van der Waals surface area (Å²) in [6, 6.07) is 31.7. The van der Waals surface area contributed by atoms with Crippen LogP contribution in [0.1, 0.15) is 98.8 Å². The fraction of sp³-hybridized carbons (Fsp3) is 0.333. The molecule has 2 saturated heterocycles. The fourth-order valence-electron chi connectivity index (χ4n) is 8.07. The molecule has 0 radical (unpaired) electrons. The van der Waals surface area contributed by atoms with Crippen molar-refractivity contribution in [3.8, 4) is 0 Å². The van der Waals surface area contributed by atoms with Crippen molar-refractivity contribution in [2.45, 2.75) is 86.3 Å². The standard InChI is InChI=1S/2C21H23ClN4O2S2/c2*1-15(26-12-6-5-9-20(26)16-7-3-2-4-8-16)18-11-10-17(13-19(18)22)30(27,28)25-21-23-14-24-29-21/h2*2-4,7-8,10-11,13-15,20H,5-6,9,12H2,1H3,(H,23,24,25)/t15-,20+;15-,20-/m10/s1. The van der Waals surface area contributed by atoms with E-state index in [0.717, 1.165) is 73.0 Å². The van der Waals surface area contributed by atoms with Crippen LogP contribution in [0.2, 0.25) is 10.0 Å². The molecule has 8 rings (SSSR count). The van der Waals surface area contributed by atoms with E-state index in [0.29, 0.717) is 22.1 Å². The highest BCUT2D eigenvalue weighted by Crippen LogP contribution is 2.41. The smallest absolute Gasteiger partial charge is 0.263 e. The van der Waals surface area contributed by atoms with Gasteiger partial charge in [0.1, 0.15) is 12.7 Å². The number of nitrogens with one attached hydrogen (secondary N) is 2. The lowest BCUT2D eigenvalue weighted by Crippen LogP contribution is -2.35. The van der Waals surface area contributed by atoms with Crippen molar-refractivity contribution in [1.82, 2.24) is 28.5 Å². The normalized spacial score (nSPS) is 18.8. The molecular weight excluding hydrogens is 880 g/mol. The predicted octanol–water partition coefficient (Wildman–Crippen LogP) is 10.6. The second-order valence-electron chi connectivity index (χ2n) is 14.7. The Kier molecular flexibility index (Phi) is 14.5. The molecule has 2 aliphatic rings. The highest BCUT2D eigenvalue weighted by Gasteiger charge is 2.31. The van der Waals surface area contributed by atoms with Gasteiger partial charge in [-0.1, -0.05) is 109 Å². The van der Waals surface area contributed by atoms with Gasteiger partial charge in [0.05, 0.1) is 9.79 Å². The first-order chi connectivity index (χ1) is 28.9. The molecule has 2 fully saturated rings. The Morgan fingerprint density at radius 1 is 0.600 bits per heavy atom. The summed E-state index contributed by atoms with van der Waals surface area (Å²) in [4.78, 5) is 12.9. The molecule has 0 amide bonds. The van der Waals surface area contributed by atoms with Crippen LogP contribution in [0.4, 0.5) is 10.3 Å². The van der Waals surface area contributed by atoms with Gasteiger partial charge in [-0.2, -0.15) is 8.75 Å². The largest absolute Gasteiger partial charge is 0.290 e. The number of anilines is 2. The molecule has 12 nitrogen and oxygen atoms in total. The van der Waals surface area contributed by atoms with Crippen molar-refractivity contribution >= 4 is 76.6 Å². The van der Waals surface area contributed by atoms with Gasteiger partial charge >= 0.3 is 0 Å². The molecule has 316 valence electrons. The van der Waals surface area contributed by atoms with Crippen molar-refractivity contribution in [1.29, 1.82) is 0 Å². The summed E-state index contributed by atoms with van der Waals surface area (Å²) in [5.74, 6) is 0. The van der Waals surface area contributed by atoms with Gasteiger partial charge in [0.2, 0.25) is 10.3 Å². The number of hydrogen-bond acceptors (Lipinski definition) is 12. The van der Waals surface area contributed by atoms with Crippen molar-refractivity contribution < 1.29 is 16.8 Å². The quantitative estimate of drug-likeness (QED) is 0.121. The maximum absolute atomic E-state index is 12.6. The zero-order chi connectivity index (χ0) is 42.3. The third-order valence-electron chi connectivity index (χ3n) is 11.1. The molecule has 0 aliphatic carbocycles. The van der Waals surface area contributed by atoms with Crippen molar-refractivity contribution in [2.24, 2.45) is 0 Å². The Labute approximate surface area is 370 Å². The first-order valence-electron chi connectivity index (χ1n) is 19.7. The van der Waals surface area contributed by atoms with E-state index >= 15 is 0 Å². The second kappa shape index (κ2) is 19.8. The highest BCUT2D eigenvalue weighted by molar-refractivity contribution is 7.93. The number of sulfonamides is 2. The first kappa shape index (κ1) is 44.1. The SMILES string of the molecule is C[C@@H](c1ccc(S(=O)(=O)Nc2ncns2)cc1Cl)N1CCCC[C@H]1c1ccccc1.C[C@H](c1ccc(S(=O)(=O)Nc2ncns2)cc1Cl)N1CCCC[C@H]1c1ccccc1. The topological polar surface area (TPSA) is 150 Å². The highest BCUT2D eigenvalue weighted by atomic mass is 35.5. The summed E-state index contributed by atoms with van der Waals surface area (Å²) < 4.78 is 63.0. The zero-order valence-electron chi connectivity index (χ0n) is 33.1. The Bertz CT molecular complexity index is 2360. The minimum absolute atomic E-state index is 0.0656. The minimum atomic E-state index is -3.77. The Balaban J connectivity index is 0.000000181. The summed E-state index contributed by atoms with van der Waals surface area (Å²) in [6.45, 7) is 6.23. The predicted molar refractivity (Wildman–Crippen MR) is 241 cm³/mol. The molecule has 0 unspecified atom stereocenters. The molecule has 0 saturated carbocycles. The Morgan fingerprint density at radius 3 is 1.35 bits per heavy atom. The van der Waals surface area contributed by atoms with Crippen LogP contribution < -0.4 is 9.44 Å². The number of piperidine rings is 2. The summed E-state index contributed by atoms with van der Waals surface area (Å²) in [5.41, 5.74) is 4.46. The van der Waals surface area contributed by atoms with Crippen LogP contribution >= 0.6 is 46.3 Å². The van der Waals surface area contributed by atoms with E-state index in [4.69, 9.17) is 23.2 Å². The van der Waals surface area contributed by atoms with E-state index in [1.807, 2.05) is 24.3 Å². The molecule has 2 aliphatic heterocycles. The molecule has 4 heterocycles. The van der Waals surface area contributed by atoms with Gasteiger partial charge in [-0.3, -0.25) is 19.2 Å². The molecule has 18 heteroatoms. The molecule has 0 bridgehead atoms. The van der Waals surface area contributed by atoms with Crippen LogP contribution in [0.5, 0.6) is 0 Å². The van der Waals surface area contributed by atoms with Crippen LogP contribution in [-0.4, -0.2) is 58.4 Å². The van der Waals surface area contributed by atoms with E-state index in [2.05, 4.69) is 100 Å². The summed E-state index contributed by atoms with van der Waals surface area (Å²) in [7, 11) is -7.53. The lowest BCUT2D eigenvalue weighted by Gasteiger charge is -2.40. The van der Waals surface area contributed by atoms with Gasteiger partial charge in [0.25, 0.3) is 20.0 Å². The maximum Gasteiger partial charge on any atom is 0.263 e. The van der Waals surface area contributed by atoms with E-state index in [9.17, 15) is 16.8 Å². The minimum Gasteiger partial charge on any atom is -0.290 e. The first-order valence-corrected chi connectivity index (χ1v) is 25.0. The van der Waals surface area contributed by atoms with Gasteiger partial charge in [0.15, 0.2) is 0 Å². The van der Waals surface area contributed by atoms with Gasteiger partial charge in [0, 0.05) is 57.3 Å². The molecule has 2 N–H and O–H groups in total. The zero-order valence-corrected chi connectivity index (χ0v) is 37.8. The van der Waals surface area contributed by atoms with Gasteiger partial charge in [-0.05, 0) is 99.1 Å². The molecule has 2 aromatic heterocycles. The van der Waals surface area contributed by atoms with E-state index in [1.165, 1.54) is 48.8 Å². The van der Waals surface area contributed by atoms with Crippen LogP contribution in [-0.2, 0) is 20.0 Å². The lowest BCUT2D eigenvalue weighted by atomic mass is 9.92. The number of halogens is 2. The Morgan fingerprint density at radius 2 is 1.00 bits per heavy atom. The monoisotopic (exact) mass is 924 g/mol. The third kappa shape index (κ3) is 10.5. The van der Waals surface area contributed by atoms with Gasteiger partial charge in [-0.15, -0.1) is 0 Å². The second-order valence-corrected chi connectivity index (χ2v) is 20.5. The molecule has 4 atom stereocenters. The molecular formula is C42H46Cl2N8O4S4. The van der Waals surface area contributed by atoms with Crippen LogP contribution in [0.3, 0.4) is 0 Å². The average molecular weight is 926 g/mol. The summed E-state index contributed by atoms with van der Waals surface area (Å²) in [5, 5.41) is 1.34.